The molecule has 3 aliphatic rings. The van der Waals surface area contributed by atoms with Gasteiger partial charge in [-0.05, 0) is 98.4 Å². The first-order valence-electron chi connectivity index (χ1n) is 23.5. The molecule has 0 spiro atoms. The van der Waals surface area contributed by atoms with Gasteiger partial charge in [0.25, 0.3) is 0 Å². The summed E-state index contributed by atoms with van der Waals surface area (Å²) >= 11 is 0. The molecule has 8 atom stereocenters. The largest absolute Gasteiger partial charge is 0.480 e. The molecule has 2 aromatic rings. The third kappa shape index (κ3) is 11.9. The van der Waals surface area contributed by atoms with Crippen molar-refractivity contribution in [2.75, 3.05) is 13.6 Å². The van der Waals surface area contributed by atoms with Crippen molar-refractivity contribution in [3.05, 3.63) is 70.3 Å². The van der Waals surface area contributed by atoms with Gasteiger partial charge in [0.1, 0.15) is 35.8 Å². The quantitative estimate of drug-likeness (QED) is 0.190. The van der Waals surface area contributed by atoms with E-state index in [1.807, 2.05) is 71.0 Å². The number of hydrogen-bond donors (Lipinski definition) is 4. The van der Waals surface area contributed by atoms with E-state index < -0.39 is 76.4 Å². The molecule has 0 radical (unpaired) electrons. The molecular formula is C51H74N6O9. The van der Waals surface area contributed by atoms with Gasteiger partial charge < -0.3 is 35.6 Å². The molecular weight excluding hydrogens is 841 g/mol. The van der Waals surface area contributed by atoms with Crippen LogP contribution in [0.15, 0.2) is 42.5 Å². The monoisotopic (exact) mass is 915 g/mol. The van der Waals surface area contributed by atoms with Crippen LogP contribution in [0.2, 0.25) is 0 Å². The van der Waals surface area contributed by atoms with E-state index in [9.17, 15) is 38.7 Å². The molecule has 1 saturated heterocycles. The molecule has 362 valence electrons. The Morgan fingerprint density at radius 2 is 1.41 bits per heavy atom. The molecule has 2 heterocycles. The summed E-state index contributed by atoms with van der Waals surface area (Å²) in [5, 5.41) is 19.6. The molecule has 1 aliphatic carbocycles. The highest BCUT2D eigenvalue weighted by atomic mass is 16.6. The van der Waals surface area contributed by atoms with E-state index in [2.05, 4.69) is 22.0 Å². The number of aliphatic carboxylic acids is 1. The molecule has 2 unspecified atom stereocenters. The highest BCUT2D eigenvalue weighted by molar-refractivity contribution is 5.95. The summed E-state index contributed by atoms with van der Waals surface area (Å²) in [5.74, 6) is -3.97. The van der Waals surface area contributed by atoms with Crippen LogP contribution in [0.3, 0.4) is 0 Å². The molecule has 0 aromatic heterocycles. The number of benzene rings is 2. The van der Waals surface area contributed by atoms with E-state index in [0.29, 0.717) is 6.42 Å². The first kappa shape index (κ1) is 51.5. The van der Waals surface area contributed by atoms with Crippen molar-refractivity contribution < 1.29 is 43.4 Å². The van der Waals surface area contributed by atoms with E-state index in [-0.39, 0.29) is 55.6 Å². The number of fused-ring (bicyclic) bond motifs is 2. The predicted molar refractivity (Wildman–Crippen MR) is 251 cm³/mol. The Balaban J connectivity index is 1.44. The van der Waals surface area contributed by atoms with E-state index in [0.717, 1.165) is 46.4 Å². The number of amides is 6. The maximum atomic E-state index is 14.9. The lowest BCUT2D eigenvalue weighted by Crippen LogP contribution is -2.61. The molecule has 4 N–H and O–H groups in total. The number of carbonyl (C=O) groups excluding carboxylic acids is 6. The summed E-state index contributed by atoms with van der Waals surface area (Å²) in [4.78, 5) is 101. The van der Waals surface area contributed by atoms with Crippen LogP contribution < -0.4 is 16.0 Å². The van der Waals surface area contributed by atoms with Crippen LogP contribution in [0.25, 0.3) is 0 Å². The average molecular weight is 915 g/mol. The van der Waals surface area contributed by atoms with E-state index in [4.69, 9.17) is 4.74 Å². The molecule has 6 amide bonds. The van der Waals surface area contributed by atoms with Gasteiger partial charge in [0, 0.05) is 38.4 Å². The van der Waals surface area contributed by atoms with Gasteiger partial charge in [-0.3, -0.25) is 28.9 Å². The molecule has 2 aromatic carbocycles. The average Bonchev–Trinajstić information content (AvgIpc) is 3.70. The molecule has 0 bridgehead atoms. The van der Waals surface area contributed by atoms with Gasteiger partial charge in [-0.15, -0.1) is 0 Å². The van der Waals surface area contributed by atoms with E-state index in [1.165, 1.54) is 24.4 Å². The van der Waals surface area contributed by atoms with Crippen molar-refractivity contribution in [2.45, 2.75) is 176 Å². The van der Waals surface area contributed by atoms with Gasteiger partial charge in [0.05, 0.1) is 6.04 Å². The molecule has 66 heavy (non-hydrogen) atoms. The van der Waals surface area contributed by atoms with Crippen molar-refractivity contribution in [3.8, 4) is 0 Å². The number of hydrogen-bond acceptors (Lipinski definition) is 8. The fraction of sp³-hybridized carbons (Fsp3) is 0.627. The maximum absolute atomic E-state index is 14.9. The number of ether oxygens (including phenoxy) is 1. The third-order valence-corrected chi connectivity index (χ3v) is 13.5. The minimum atomic E-state index is -1.19. The molecule has 15 heteroatoms. The molecule has 2 aliphatic heterocycles. The van der Waals surface area contributed by atoms with Crippen LogP contribution in [-0.2, 0) is 52.9 Å². The lowest BCUT2D eigenvalue weighted by atomic mass is 9.83. The fourth-order valence-corrected chi connectivity index (χ4v) is 9.08. The standard InChI is InChI=1S/C51H74N6O9/c1-14-29(2)42(58)53-40(49(4,5)6)45(61)56-27-34-24-32(22-23-33(34)25-38(56)44(60)52-37-21-17-19-31-18-15-16-20-36(31)37)35-26-39(47(63)64)57(28-35)46(62)41(50(7,8)9)54-43(59)30(3)55(13)48(65)66-51(10,11)12/h15-16,18,20,22-24,29-30,35,37-41H,14,17,19,21,25-28H2,1-13H3,(H,52,60)(H,53,58)(H,54,59)(H,63,64)/t29-,30+,35?,37?,38+,39+,40-,41-/m1/s1. The van der Waals surface area contributed by atoms with E-state index >= 15 is 0 Å². The van der Waals surface area contributed by atoms with Crippen LogP contribution in [-0.4, -0.2) is 111 Å². The summed E-state index contributed by atoms with van der Waals surface area (Å²) in [6.45, 7) is 21.5. The van der Waals surface area contributed by atoms with Gasteiger partial charge in [0.15, 0.2) is 0 Å². The van der Waals surface area contributed by atoms with Gasteiger partial charge in [-0.1, -0.05) is 97.9 Å². The Morgan fingerprint density at radius 1 is 0.803 bits per heavy atom. The number of aryl methyl sites for hydroxylation is 1. The smallest absolute Gasteiger partial charge is 0.410 e. The van der Waals surface area contributed by atoms with Gasteiger partial charge in [-0.2, -0.15) is 0 Å². The number of nitrogens with zero attached hydrogens (tertiary/aromatic N) is 3. The Morgan fingerprint density at radius 3 is 2.00 bits per heavy atom. The van der Waals surface area contributed by atoms with Crippen molar-refractivity contribution in [3.63, 3.8) is 0 Å². The number of likely N-dealkylation sites (N-methyl/N-ethyl adjacent to an activating group) is 1. The highest BCUT2D eigenvalue weighted by Gasteiger charge is 2.47. The van der Waals surface area contributed by atoms with Crippen molar-refractivity contribution >= 4 is 41.6 Å². The minimum Gasteiger partial charge on any atom is -0.480 e. The number of carbonyl (C=O) groups is 7. The summed E-state index contributed by atoms with van der Waals surface area (Å²) in [5.41, 5.74) is 2.35. The van der Waals surface area contributed by atoms with Crippen LogP contribution in [0.5, 0.6) is 0 Å². The van der Waals surface area contributed by atoms with Crippen LogP contribution in [0.1, 0.15) is 149 Å². The number of nitrogens with one attached hydrogen (secondary N) is 3. The normalized spacial score (nSPS) is 21.5. The summed E-state index contributed by atoms with van der Waals surface area (Å²) < 4.78 is 5.44. The Hall–Kier alpha value is -5.47. The molecule has 5 rings (SSSR count). The van der Waals surface area contributed by atoms with Crippen molar-refractivity contribution in [1.82, 2.24) is 30.7 Å². The summed E-state index contributed by atoms with van der Waals surface area (Å²) in [6.07, 6.45) is 2.82. The zero-order chi connectivity index (χ0) is 49.2. The number of carboxylic acid groups (broad SMARTS) is 1. The topological polar surface area (TPSA) is 195 Å². The summed E-state index contributed by atoms with van der Waals surface area (Å²) in [6, 6.07) is 8.51. The Kier molecular flexibility index (Phi) is 15.7. The highest BCUT2D eigenvalue weighted by Crippen LogP contribution is 2.38. The van der Waals surface area contributed by atoms with Crippen LogP contribution >= 0.6 is 0 Å². The third-order valence-electron chi connectivity index (χ3n) is 13.5. The second-order valence-corrected chi connectivity index (χ2v) is 21.8. The van der Waals surface area contributed by atoms with Gasteiger partial charge >= 0.3 is 12.1 Å². The maximum Gasteiger partial charge on any atom is 0.410 e. The molecule has 15 nitrogen and oxygen atoms in total. The Bertz CT molecular complexity index is 2170. The van der Waals surface area contributed by atoms with Gasteiger partial charge in [0.2, 0.25) is 29.5 Å². The number of rotatable bonds is 12. The van der Waals surface area contributed by atoms with Crippen molar-refractivity contribution in [2.24, 2.45) is 16.7 Å². The lowest BCUT2D eigenvalue weighted by Gasteiger charge is -2.42. The molecule has 1 fully saturated rings. The van der Waals surface area contributed by atoms with Crippen molar-refractivity contribution in [1.29, 1.82) is 0 Å². The fourth-order valence-electron chi connectivity index (χ4n) is 9.08. The van der Waals surface area contributed by atoms with Gasteiger partial charge in [-0.25, -0.2) is 9.59 Å². The predicted octanol–water partition coefficient (Wildman–Crippen LogP) is 6.27. The minimum absolute atomic E-state index is 0.0503. The second-order valence-electron chi connectivity index (χ2n) is 21.8. The Labute approximate surface area is 391 Å². The van der Waals surface area contributed by atoms with E-state index in [1.54, 1.807) is 46.4 Å². The number of carboxylic acids is 1. The molecule has 0 saturated carbocycles. The lowest BCUT2D eigenvalue weighted by molar-refractivity contribution is -0.151. The van der Waals surface area contributed by atoms with Crippen LogP contribution in [0, 0.1) is 16.7 Å². The van der Waals surface area contributed by atoms with Crippen LogP contribution in [0.4, 0.5) is 4.79 Å². The summed E-state index contributed by atoms with van der Waals surface area (Å²) in [7, 11) is 1.44. The zero-order valence-electron chi connectivity index (χ0n) is 41.4. The second kappa shape index (κ2) is 20.2. The number of likely N-dealkylation sites (tertiary alicyclic amines) is 1. The SMILES string of the molecule is CC[C@@H](C)C(=O)N[C@H](C(=O)N1Cc2cc(C3C[C@@H](C(=O)O)N(C(=O)[C@@H](NC(=O)[C@H](C)N(C)C(=O)OC(C)(C)C)C(C)(C)C)C3)ccc2C[C@H]1C(=O)NC1CCCc2ccccc21)C(C)(C)C. The first-order chi connectivity index (χ1) is 30.6. The zero-order valence-corrected chi connectivity index (χ0v) is 41.4. The first-order valence-corrected chi connectivity index (χ1v) is 23.5.